The van der Waals surface area contributed by atoms with Gasteiger partial charge in [-0.15, -0.1) is 0 Å². The molecule has 0 saturated heterocycles. The molecule has 1 aromatic carbocycles. The molecule has 0 amide bonds. The molecule has 0 spiro atoms. The highest BCUT2D eigenvalue weighted by molar-refractivity contribution is 5.18. The number of hydrogen-bond acceptors (Lipinski definition) is 3. The van der Waals surface area contributed by atoms with Gasteiger partial charge in [-0.2, -0.15) is 0 Å². The second-order valence-corrected chi connectivity index (χ2v) is 3.36. The van der Waals surface area contributed by atoms with Crippen molar-refractivity contribution in [1.82, 2.24) is 0 Å². The summed E-state index contributed by atoms with van der Waals surface area (Å²) in [7, 11) is 1.60. The lowest BCUT2D eigenvalue weighted by atomic mass is 10.1. The lowest BCUT2D eigenvalue weighted by molar-refractivity contribution is -0.0721. The Kier molecular flexibility index (Phi) is 6.49. The highest BCUT2D eigenvalue weighted by Crippen LogP contribution is 2.21. The minimum absolute atomic E-state index is 0.0241. The molecule has 0 aliphatic rings. The molecule has 0 heterocycles. The summed E-state index contributed by atoms with van der Waals surface area (Å²) < 4.78 is 10.5. The molecule has 88 valence electrons. The number of aliphatic hydroxyl groups excluding tert-OH is 1. The quantitative estimate of drug-likeness (QED) is 0.568. The fraction of sp³-hybridized carbons (Fsp3) is 0.385. The summed E-state index contributed by atoms with van der Waals surface area (Å²) >= 11 is 0. The fourth-order valence-corrected chi connectivity index (χ4v) is 1.41. The van der Waals surface area contributed by atoms with Crippen molar-refractivity contribution < 1.29 is 14.6 Å². The van der Waals surface area contributed by atoms with E-state index in [0.717, 1.165) is 12.0 Å². The minimum atomic E-state index is -0.0241. The zero-order valence-electron chi connectivity index (χ0n) is 9.50. The predicted octanol–water partition coefficient (Wildman–Crippen LogP) is 2.29. The van der Waals surface area contributed by atoms with E-state index in [2.05, 4.69) is 0 Å². The smallest absolute Gasteiger partial charge is 0.147 e. The third-order valence-corrected chi connectivity index (χ3v) is 2.18. The predicted molar refractivity (Wildman–Crippen MR) is 63.0 cm³/mol. The Morgan fingerprint density at radius 1 is 1.25 bits per heavy atom. The van der Waals surface area contributed by atoms with Crippen LogP contribution in [0.15, 0.2) is 42.5 Å². The lowest BCUT2D eigenvalue weighted by Gasteiger charge is -2.16. The standard InChI is InChI=1S/C13H18O3/c1-15-11-16-13(9-5-6-10-14)12-7-3-2-4-8-12/h2-8,13-14H,9-11H2,1H3/t13-/m1/s1. The van der Waals surface area contributed by atoms with Gasteiger partial charge in [-0.25, -0.2) is 0 Å². The van der Waals surface area contributed by atoms with Crippen LogP contribution in [0.1, 0.15) is 18.1 Å². The number of rotatable bonds is 7. The maximum atomic E-state index is 8.67. The number of ether oxygens (including phenoxy) is 2. The van der Waals surface area contributed by atoms with Gasteiger partial charge in [0.25, 0.3) is 0 Å². The molecule has 0 aliphatic heterocycles. The van der Waals surface area contributed by atoms with Crippen molar-refractivity contribution in [3.63, 3.8) is 0 Å². The fourth-order valence-electron chi connectivity index (χ4n) is 1.41. The summed E-state index contributed by atoms with van der Waals surface area (Å²) in [5.41, 5.74) is 1.11. The van der Waals surface area contributed by atoms with Crippen molar-refractivity contribution >= 4 is 0 Å². The molecule has 1 rings (SSSR count). The Balaban J connectivity index is 2.59. The van der Waals surface area contributed by atoms with E-state index in [1.165, 1.54) is 0 Å². The average Bonchev–Trinajstić information content (AvgIpc) is 2.35. The molecule has 0 unspecified atom stereocenters. The van der Waals surface area contributed by atoms with E-state index in [1.807, 2.05) is 36.4 Å². The van der Waals surface area contributed by atoms with Gasteiger partial charge < -0.3 is 14.6 Å². The Morgan fingerprint density at radius 3 is 2.62 bits per heavy atom. The van der Waals surface area contributed by atoms with E-state index < -0.39 is 0 Å². The second-order valence-electron chi connectivity index (χ2n) is 3.36. The van der Waals surface area contributed by atoms with Gasteiger partial charge in [-0.3, -0.25) is 0 Å². The van der Waals surface area contributed by atoms with Crippen LogP contribution in [0.25, 0.3) is 0 Å². The molecule has 1 N–H and O–H groups in total. The van der Waals surface area contributed by atoms with Gasteiger partial charge in [0.2, 0.25) is 0 Å². The summed E-state index contributed by atoms with van der Waals surface area (Å²) in [5, 5.41) is 8.67. The van der Waals surface area contributed by atoms with Gasteiger partial charge in [-0.05, 0) is 12.0 Å². The normalized spacial score (nSPS) is 13.1. The topological polar surface area (TPSA) is 38.7 Å². The molecule has 0 radical (unpaired) electrons. The van der Waals surface area contributed by atoms with Crippen LogP contribution in [0.3, 0.4) is 0 Å². The van der Waals surface area contributed by atoms with Crippen LogP contribution in [-0.2, 0) is 9.47 Å². The summed E-state index contributed by atoms with van der Waals surface area (Å²) in [6, 6.07) is 9.98. The van der Waals surface area contributed by atoms with E-state index >= 15 is 0 Å². The van der Waals surface area contributed by atoms with Crippen LogP contribution in [0.4, 0.5) is 0 Å². The number of methoxy groups -OCH3 is 1. The zero-order chi connectivity index (χ0) is 11.6. The number of benzene rings is 1. The Bertz CT molecular complexity index is 295. The van der Waals surface area contributed by atoms with Gasteiger partial charge in [0.1, 0.15) is 6.79 Å². The van der Waals surface area contributed by atoms with Crippen molar-refractivity contribution in [2.24, 2.45) is 0 Å². The van der Waals surface area contributed by atoms with Crippen molar-refractivity contribution in [2.45, 2.75) is 12.5 Å². The van der Waals surface area contributed by atoms with Gasteiger partial charge >= 0.3 is 0 Å². The molecular formula is C13H18O3. The first-order chi connectivity index (χ1) is 7.88. The Hall–Kier alpha value is -1.16. The van der Waals surface area contributed by atoms with Crippen LogP contribution in [-0.4, -0.2) is 25.6 Å². The van der Waals surface area contributed by atoms with Crippen molar-refractivity contribution in [3.8, 4) is 0 Å². The SMILES string of the molecule is COCO[C@H](CC=CCO)c1ccccc1. The van der Waals surface area contributed by atoms with Crippen molar-refractivity contribution in [3.05, 3.63) is 48.0 Å². The average molecular weight is 222 g/mol. The van der Waals surface area contributed by atoms with Crippen LogP contribution in [0.5, 0.6) is 0 Å². The summed E-state index contributed by atoms with van der Waals surface area (Å²) in [4.78, 5) is 0. The van der Waals surface area contributed by atoms with Gasteiger partial charge in [0, 0.05) is 7.11 Å². The highest BCUT2D eigenvalue weighted by atomic mass is 16.7. The Labute approximate surface area is 96.3 Å². The summed E-state index contributed by atoms with van der Waals surface area (Å²) in [6.45, 7) is 0.332. The first kappa shape index (κ1) is 12.9. The second kappa shape index (κ2) is 8.05. The van der Waals surface area contributed by atoms with Crippen molar-refractivity contribution in [2.75, 3.05) is 20.5 Å². The van der Waals surface area contributed by atoms with Gasteiger partial charge in [0.15, 0.2) is 0 Å². The van der Waals surface area contributed by atoms with Crippen LogP contribution in [0, 0.1) is 0 Å². The van der Waals surface area contributed by atoms with E-state index in [9.17, 15) is 0 Å². The molecule has 0 fully saturated rings. The molecule has 0 bridgehead atoms. The molecule has 0 aromatic heterocycles. The molecular weight excluding hydrogens is 204 g/mol. The molecule has 1 atom stereocenters. The monoisotopic (exact) mass is 222 g/mol. The number of aliphatic hydroxyl groups is 1. The van der Waals surface area contributed by atoms with Crippen LogP contribution in [0.2, 0.25) is 0 Å². The molecule has 0 saturated carbocycles. The zero-order valence-corrected chi connectivity index (χ0v) is 9.50. The molecule has 1 aromatic rings. The van der Waals surface area contributed by atoms with Gasteiger partial charge in [-0.1, -0.05) is 42.5 Å². The maximum Gasteiger partial charge on any atom is 0.147 e. The molecule has 16 heavy (non-hydrogen) atoms. The Morgan fingerprint density at radius 2 is 2.00 bits per heavy atom. The maximum absolute atomic E-state index is 8.67. The van der Waals surface area contributed by atoms with E-state index in [-0.39, 0.29) is 19.5 Å². The summed E-state index contributed by atoms with van der Waals surface area (Å²) in [5.74, 6) is 0. The molecule has 3 heteroatoms. The van der Waals surface area contributed by atoms with Crippen LogP contribution < -0.4 is 0 Å². The van der Waals surface area contributed by atoms with Crippen LogP contribution >= 0.6 is 0 Å². The van der Waals surface area contributed by atoms with Gasteiger partial charge in [0.05, 0.1) is 12.7 Å². The van der Waals surface area contributed by atoms with E-state index in [4.69, 9.17) is 14.6 Å². The minimum Gasteiger partial charge on any atom is -0.392 e. The van der Waals surface area contributed by atoms with E-state index in [1.54, 1.807) is 13.2 Å². The first-order valence-corrected chi connectivity index (χ1v) is 5.29. The number of hydrogen-bond donors (Lipinski definition) is 1. The molecule has 0 aliphatic carbocycles. The highest BCUT2D eigenvalue weighted by Gasteiger charge is 2.09. The summed E-state index contributed by atoms with van der Waals surface area (Å²) in [6.07, 6.45) is 4.33. The lowest BCUT2D eigenvalue weighted by Crippen LogP contribution is -2.06. The largest absolute Gasteiger partial charge is 0.392 e. The third-order valence-electron chi connectivity index (χ3n) is 2.18. The first-order valence-electron chi connectivity index (χ1n) is 5.29. The van der Waals surface area contributed by atoms with Crippen molar-refractivity contribution in [1.29, 1.82) is 0 Å². The third kappa shape index (κ3) is 4.57. The van der Waals surface area contributed by atoms with E-state index in [0.29, 0.717) is 0 Å². The molecule has 3 nitrogen and oxygen atoms in total.